The maximum Gasteiger partial charge on any atom is 0.271 e. The molecular weight excluding hydrogens is 432 g/mol. The Bertz CT molecular complexity index is 1430. The molecule has 0 radical (unpaired) electrons. The number of amides is 1. The number of hydrogen-bond acceptors (Lipinski definition) is 5. The number of nitro groups is 1. The first-order valence-electron chi connectivity index (χ1n) is 10.7. The topological polar surface area (TPSA) is 94.6 Å². The summed E-state index contributed by atoms with van der Waals surface area (Å²) >= 11 is 0. The summed E-state index contributed by atoms with van der Waals surface area (Å²) in [6.07, 6.45) is 3.17. The number of benzene rings is 3. The number of nitro benzene ring substituents is 1. The van der Waals surface area contributed by atoms with Gasteiger partial charge in [0.1, 0.15) is 11.3 Å². The second kappa shape index (κ2) is 9.23. The van der Waals surface area contributed by atoms with Crippen LogP contribution in [0.4, 0.5) is 11.4 Å². The minimum atomic E-state index is -0.493. The average Bonchev–Trinajstić information content (AvgIpc) is 3.22. The number of carbonyl (C=O) groups excluding carboxylic acids is 1. The number of aryl methyl sites for hydroxylation is 2. The number of anilines is 1. The number of fused-ring (bicyclic) bond motifs is 1. The minimum Gasteiger partial charge on any atom is -0.496 e. The monoisotopic (exact) mass is 456 g/mol. The smallest absolute Gasteiger partial charge is 0.271 e. The zero-order chi connectivity index (χ0) is 24.4. The van der Waals surface area contributed by atoms with Crippen LogP contribution in [0.1, 0.15) is 23.6 Å². The predicted molar refractivity (Wildman–Crippen MR) is 133 cm³/mol. The quantitative estimate of drug-likeness (QED) is 0.198. The van der Waals surface area contributed by atoms with Gasteiger partial charge < -0.3 is 14.5 Å². The summed E-state index contributed by atoms with van der Waals surface area (Å²) in [5.74, 6) is 0.180. The summed E-state index contributed by atoms with van der Waals surface area (Å²) in [5, 5.41) is 14.7. The normalized spacial score (nSPS) is 11.5. The highest BCUT2D eigenvalue weighted by Gasteiger charge is 2.16. The number of nitrogens with one attached hydrogen (secondary N) is 1. The number of hydrogen-bond donors (Lipinski definition) is 1. The molecule has 0 aliphatic heterocycles. The van der Waals surface area contributed by atoms with E-state index >= 15 is 0 Å². The molecule has 4 rings (SSSR count). The van der Waals surface area contributed by atoms with E-state index in [0.717, 1.165) is 27.6 Å². The Morgan fingerprint density at radius 2 is 1.82 bits per heavy atom. The largest absolute Gasteiger partial charge is 0.496 e. The highest BCUT2D eigenvalue weighted by atomic mass is 16.6. The molecule has 1 N–H and O–H groups in total. The van der Waals surface area contributed by atoms with Gasteiger partial charge in [0.05, 0.1) is 24.0 Å². The van der Waals surface area contributed by atoms with Crippen LogP contribution < -0.4 is 10.1 Å². The third kappa shape index (κ3) is 4.54. The van der Waals surface area contributed by atoms with Crippen molar-refractivity contribution in [3.05, 3.63) is 93.7 Å². The number of methoxy groups -OCH3 is 1. The average molecular weight is 456 g/mol. The first kappa shape index (κ1) is 22.8. The maximum absolute atomic E-state index is 12.7. The second-order valence-corrected chi connectivity index (χ2v) is 8.14. The van der Waals surface area contributed by atoms with Crippen molar-refractivity contribution in [3.8, 4) is 16.9 Å². The molecule has 3 aromatic carbocycles. The molecule has 0 unspecified atom stereocenters. The SMILES string of the molecule is COc1cc2occ(-c3ccc(C)cc3)c2cc1/C(C)=C/C(=O)Nc1cc([N+](=O)[O-])ccc1C. The molecule has 0 aliphatic carbocycles. The maximum atomic E-state index is 12.7. The van der Waals surface area contributed by atoms with Crippen LogP contribution in [0.5, 0.6) is 5.75 Å². The second-order valence-electron chi connectivity index (χ2n) is 8.14. The summed E-state index contributed by atoms with van der Waals surface area (Å²) in [7, 11) is 1.56. The fourth-order valence-corrected chi connectivity index (χ4v) is 3.79. The van der Waals surface area contributed by atoms with Crippen molar-refractivity contribution in [3.63, 3.8) is 0 Å². The summed E-state index contributed by atoms with van der Waals surface area (Å²) in [4.78, 5) is 23.3. The third-order valence-electron chi connectivity index (χ3n) is 5.72. The molecule has 0 saturated carbocycles. The number of allylic oxidation sites excluding steroid dienone is 1. The van der Waals surface area contributed by atoms with Gasteiger partial charge in [0, 0.05) is 40.8 Å². The van der Waals surface area contributed by atoms with Gasteiger partial charge in [-0.3, -0.25) is 14.9 Å². The zero-order valence-electron chi connectivity index (χ0n) is 19.3. The van der Waals surface area contributed by atoms with Gasteiger partial charge in [-0.25, -0.2) is 0 Å². The first-order valence-corrected chi connectivity index (χ1v) is 10.7. The van der Waals surface area contributed by atoms with E-state index in [1.807, 2.05) is 50.2 Å². The van der Waals surface area contributed by atoms with E-state index in [9.17, 15) is 14.9 Å². The Hall–Kier alpha value is -4.39. The fourth-order valence-electron chi connectivity index (χ4n) is 3.79. The Morgan fingerprint density at radius 1 is 1.09 bits per heavy atom. The van der Waals surface area contributed by atoms with E-state index in [-0.39, 0.29) is 5.69 Å². The number of rotatable bonds is 6. The molecular formula is C27H24N2O5. The summed E-state index contributed by atoms with van der Waals surface area (Å²) < 4.78 is 11.3. The Balaban J connectivity index is 1.70. The fraction of sp³-hybridized carbons (Fsp3) is 0.148. The van der Waals surface area contributed by atoms with Crippen molar-refractivity contribution in [2.75, 3.05) is 12.4 Å². The van der Waals surface area contributed by atoms with Crippen LogP contribution in [0.15, 0.2) is 71.4 Å². The van der Waals surface area contributed by atoms with Gasteiger partial charge in [0.2, 0.25) is 5.91 Å². The standard InChI is InChI=1S/C27H24N2O5/c1-16-5-8-19(9-6-16)23-15-34-26-14-25(33-4)21(13-22(23)26)18(3)11-27(30)28-24-12-20(29(31)32)10-7-17(24)2/h5-15H,1-4H3,(H,28,30)/b18-11+. The van der Waals surface area contributed by atoms with Crippen LogP contribution in [0.3, 0.4) is 0 Å². The molecule has 172 valence electrons. The van der Waals surface area contributed by atoms with Gasteiger partial charge in [-0.15, -0.1) is 0 Å². The lowest BCUT2D eigenvalue weighted by atomic mass is 9.99. The summed E-state index contributed by atoms with van der Waals surface area (Å²) in [6, 6.07) is 16.3. The molecule has 7 heteroatoms. The van der Waals surface area contributed by atoms with Crippen molar-refractivity contribution < 1.29 is 18.9 Å². The van der Waals surface area contributed by atoms with Gasteiger partial charge in [-0.1, -0.05) is 35.9 Å². The molecule has 0 fully saturated rings. The van der Waals surface area contributed by atoms with Crippen LogP contribution in [0.25, 0.3) is 27.7 Å². The molecule has 0 aliphatic rings. The molecule has 0 bridgehead atoms. The molecule has 1 amide bonds. The van der Waals surface area contributed by atoms with Gasteiger partial charge in [0.25, 0.3) is 5.69 Å². The lowest BCUT2D eigenvalue weighted by molar-refractivity contribution is -0.384. The predicted octanol–water partition coefficient (Wildman–Crippen LogP) is 6.68. The van der Waals surface area contributed by atoms with Gasteiger partial charge in [-0.05, 0) is 43.5 Å². The molecule has 0 atom stereocenters. The van der Waals surface area contributed by atoms with E-state index < -0.39 is 10.8 Å². The van der Waals surface area contributed by atoms with E-state index in [1.165, 1.54) is 23.8 Å². The Labute approximate surface area is 196 Å². The zero-order valence-corrected chi connectivity index (χ0v) is 19.3. The van der Waals surface area contributed by atoms with Crippen molar-refractivity contribution in [2.45, 2.75) is 20.8 Å². The molecule has 34 heavy (non-hydrogen) atoms. The van der Waals surface area contributed by atoms with Crippen LogP contribution in [-0.4, -0.2) is 17.9 Å². The van der Waals surface area contributed by atoms with Crippen molar-refractivity contribution >= 4 is 33.8 Å². The number of nitrogens with zero attached hydrogens (tertiary/aromatic N) is 1. The van der Waals surface area contributed by atoms with Crippen LogP contribution in [0, 0.1) is 24.0 Å². The van der Waals surface area contributed by atoms with Crippen molar-refractivity contribution in [1.29, 1.82) is 0 Å². The third-order valence-corrected chi connectivity index (χ3v) is 5.72. The number of furan rings is 1. The molecule has 1 heterocycles. The first-order chi connectivity index (χ1) is 16.3. The lowest BCUT2D eigenvalue weighted by Gasteiger charge is -2.11. The highest BCUT2D eigenvalue weighted by Crippen LogP contribution is 2.37. The highest BCUT2D eigenvalue weighted by molar-refractivity contribution is 6.05. The van der Waals surface area contributed by atoms with E-state index in [1.54, 1.807) is 26.4 Å². The Morgan fingerprint density at radius 3 is 2.50 bits per heavy atom. The van der Waals surface area contributed by atoms with Gasteiger partial charge in [0.15, 0.2) is 0 Å². The Kier molecular flexibility index (Phi) is 6.19. The molecule has 4 aromatic rings. The summed E-state index contributed by atoms with van der Waals surface area (Å²) in [5.41, 5.74) is 6.28. The van der Waals surface area contributed by atoms with Crippen LogP contribution >= 0.6 is 0 Å². The van der Waals surface area contributed by atoms with Crippen LogP contribution in [-0.2, 0) is 4.79 Å². The van der Waals surface area contributed by atoms with Gasteiger partial charge >= 0.3 is 0 Å². The van der Waals surface area contributed by atoms with Gasteiger partial charge in [-0.2, -0.15) is 0 Å². The van der Waals surface area contributed by atoms with Crippen molar-refractivity contribution in [1.82, 2.24) is 0 Å². The summed E-state index contributed by atoms with van der Waals surface area (Å²) in [6.45, 7) is 5.63. The number of ether oxygens (including phenoxy) is 1. The molecule has 0 spiro atoms. The van der Waals surface area contributed by atoms with Crippen molar-refractivity contribution in [2.24, 2.45) is 0 Å². The molecule has 1 aromatic heterocycles. The molecule has 0 saturated heterocycles. The lowest BCUT2D eigenvalue weighted by Crippen LogP contribution is -2.10. The van der Waals surface area contributed by atoms with E-state index in [2.05, 4.69) is 5.32 Å². The van der Waals surface area contributed by atoms with Crippen LogP contribution in [0.2, 0.25) is 0 Å². The number of carbonyl (C=O) groups is 1. The minimum absolute atomic E-state index is 0.0858. The molecule has 7 nitrogen and oxygen atoms in total. The van der Waals surface area contributed by atoms with E-state index in [0.29, 0.717) is 22.6 Å². The van der Waals surface area contributed by atoms with E-state index in [4.69, 9.17) is 9.15 Å². The number of non-ortho nitro benzene ring substituents is 1.